The van der Waals surface area contributed by atoms with Gasteiger partial charge in [0.25, 0.3) is 0 Å². The van der Waals surface area contributed by atoms with E-state index in [2.05, 4.69) is 0 Å². The Morgan fingerprint density at radius 2 is 1.65 bits per heavy atom. The minimum Gasteiger partial charge on any atom is -0.457 e. The average molecular weight is 309 g/mol. The molecular weight excluding hydrogens is 290 g/mol. The molecular formula is C19H19NO3. The normalized spacial score (nSPS) is 20.4. The van der Waals surface area contributed by atoms with Crippen LogP contribution in [0.3, 0.4) is 0 Å². The number of para-hydroxylation sites is 2. The molecule has 0 radical (unpaired) electrons. The van der Waals surface area contributed by atoms with Crippen molar-refractivity contribution in [2.75, 3.05) is 19.7 Å². The summed E-state index contributed by atoms with van der Waals surface area (Å²) < 4.78 is 11.5. The number of morpholine rings is 1. The van der Waals surface area contributed by atoms with E-state index in [1.807, 2.05) is 60.4 Å². The molecule has 0 spiro atoms. The van der Waals surface area contributed by atoms with Crippen LogP contribution in [0.15, 0.2) is 48.5 Å². The van der Waals surface area contributed by atoms with E-state index < -0.39 is 0 Å². The molecule has 0 aliphatic carbocycles. The summed E-state index contributed by atoms with van der Waals surface area (Å²) >= 11 is 0. The predicted octanol–water partition coefficient (Wildman–Crippen LogP) is 3.17. The van der Waals surface area contributed by atoms with Gasteiger partial charge >= 0.3 is 0 Å². The fourth-order valence-corrected chi connectivity index (χ4v) is 3.38. The molecule has 4 heteroatoms. The van der Waals surface area contributed by atoms with E-state index in [1.54, 1.807) is 0 Å². The number of amides is 1. The zero-order valence-electron chi connectivity index (χ0n) is 13.1. The van der Waals surface area contributed by atoms with Crippen molar-refractivity contribution in [3.05, 3.63) is 59.7 Å². The second-order valence-electron chi connectivity index (χ2n) is 6.08. The third-order valence-electron chi connectivity index (χ3n) is 4.48. The number of carbonyl (C=O) groups excluding carboxylic acids is 1. The lowest BCUT2D eigenvalue weighted by molar-refractivity contribution is -0.138. The lowest BCUT2D eigenvalue weighted by Gasteiger charge is -2.36. The predicted molar refractivity (Wildman–Crippen MR) is 86.8 cm³/mol. The molecule has 1 saturated heterocycles. The highest BCUT2D eigenvalue weighted by Crippen LogP contribution is 2.44. The number of ether oxygens (including phenoxy) is 2. The van der Waals surface area contributed by atoms with Gasteiger partial charge in [-0.05, 0) is 19.1 Å². The fraction of sp³-hybridized carbons (Fsp3) is 0.316. The van der Waals surface area contributed by atoms with Crippen LogP contribution in [0.25, 0.3) is 0 Å². The molecule has 4 rings (SSSR count). The van der Waals surface area contributed by atoms with Crippen LogP contribution in [-0.4, -0.2) is 36.6 Å². The first-order valence-corrected chi connectivity index (χ1v) is 8.00. The monoisotopic (exact) mass is 309 g/mol. The van der Waals surface area contributed by atoms with Gasteiger partial charge in [0.05, 0.1) is 18.6 Å². The summed E-state index contributed by atoms with van der Waals surface area (Å²) in [5.41, 5.74) is 1.88. The zero-order chi connectivity index (χ0) is 15.8. The SMILES string of the molecule is CC1CN(C(=O)C2c3ccccc3Oc3ccccc32)CCO1. The maximum atomic E-state index is 13.2. The van der Waals surface area contributed by atoms with E-state index in [1.165, 1.54) is 0 Å². The Morgan fingerprint density at radius 3 is 2.26 bits per heavy atom. The van der Waals surface area contributed by atoms with Crippen LogP contribution in [0.2, 0.25) is 0 Å². The standard InChI is InChI=1S/C19H19NO3/c1-13-12-20(10-11-22-13)19(21)18-14-6-2-4-8-16(14)23-17-9-5-3-7-15(17)18/h2-9,13,18H,10-12H2,1H3. The van der Waals surface area contributed by atoms with Gasteiger partial charge in [0, 0.05) is 24.2 Å². The highest BCUT2D eigenvalue weighted by Gasteiger charge is 2.36. The number of hydrogen-bond donors (Lipinski definition) is 0. The maximum absolute atomic E-state index is 13.2. The van der Waals surface area contributed by atoms with Crippen molar-refractivity contribution in [1.82, 2.24) is 4.90 Å². The summed E-state index contributed by atoms with van der Waals surface area (Å²) in [6.45, 7) is 3.89. The molecule has 2 aliphatic heterocycles. The molecule has 0 aromatic heterocycles. The Hall–Kier alpha value is -2.33. The van der Waals surface area contributed by atoms with E-state index in [0.29, 0.717) is 19.7 Å². The Bertz CT molecular complexity index is 697. The number of carbonyl (C=O) groups is 1. The smallest absolute Gasteiger partial charge is 0.235 e. The molecule has 1 fully saturated rings. The van der Waals surface area contributed by atoms with E-state index in [9.17, 15) is 4.79 Å². The van der Waals surface area contributed by atoms with Crippen molar-refractivity contribution in [3.8, 4) is 11.5 Å². The molecule has 0 N–H and O–H groups in total. The molecule has 2 aromatic carbocycles. The summed E-state index contributed by atoms with van der Waals surface area (Å²) in [7, 11) is 0. The Morgan fingerprint density at radius 1 is 1.04 bits per heavy atom. The molecule has 1 unspecified atom stereocenters. The van der Waals surface area contributed by atoms with Crippen molar-refractivity contribution in [2.45, 2.75) is 18.9 Å². The first-order valence-electron chi connectivity index (χ1n) is 8.00. The highest BCUT2D eigenvalue weighted by molar-refractivity contribution is 5.89. The molecule has 1 atom stereocenters. The van der Waals surface area contributed by atoms with Gasteiger partial charge in [-0.25, -0.2) is 0 Å². The fourth-order valence-electron chi connectivity index (χ4n) is 3.38. The van der Waals surface area contributed by atoms with Crippen LogP contribution in [0.1, 0.15) is 24.0 Å². The van der Waals surface area contributed by atoms with Gasteiger partial charge in [0.1, 0.15) is 11.5 Å². The minimum atomic E-state index is -0.304. The number of nitrogens with zero attached hydrogens (tertiary/aromatic N) is 1. The van der Waals surface area contributed by atoms with Crippen molar-refractivity contribution in [1.29, 1.82) is 0 Å². The van der Waals surface area contributed by atoms with Crippen molar-refractivity contribution in [3.63, 3.8) is 0 Å². The average Bonchev–Trinajstić information content (AvgIpc) is 2.59. The molecule has 0 saturated carbocycles. The van der Waals surface area contributed by atoms with Crippen LogP contribution in [0, 0.1) is 0 Å². The quantitative estimate of drug-likeness (QED) is 0.812. The largest absolute Gasteiger partial charge is 0.457 e. The van der Waals surface area contributed by atoms with Gasteiger partial charge in [0.15, 0.2) is 0 Å². The second-order valence-corrected chi connectivity index (χ2v) is 6.08. The van der Waals surface area contributed by atoms with Gasteiger partial charge in [-0.2, -0.15) is 0 Å². The van der Waals surface area contributed by atoms with Gasteiger partial charge < -0.3 is 14.4 Å². The zero-order valence-corrected chi connectivity index (χ0v) is 13.1. The van der Waals surface area contributed by atoms with E-state index in [4.69, 9.17) is 9.47 Å². The summed E-state index contributed by atoms with van der Waals surface area (Å²) in [5.74, 6) is 1.36. The molecule has 2 aliphatic rings. The Balaban J connectivity index is 1.76. The number of rotatable bonds is 1. The number of hydrogen-bond acceptors (Lipinski definition) is 3. The second kappa shape index (κ2) is 5.70. The Labute approximate surface area is 135 Å². The van der Waals surface area contributed by atoms with E-state index >= 15 is 0 Å². The van der Waals surface area contributed by atoms with Gasteiger partial charge in [-0.15, -0.1) is 0 Å². The summed E-state index contributed by atoms with van der Waals surface area (Å²) in [5, 5.41) is 0. The van der Waals surface area contributed by atoms with Crippen molar-refractivity contribution >= 4 is 5.91 Å². The molecule has 23 heavy (non-hydrogen) atoms. The third-order valence-corrected chi connectivity index (χ3v) is 4.48. The van der Waals surface area contributed by atoms with Crippen molar-refractivity contribution in [2.24, 2.45) is 0 Å². The molecule has 4 nitrogen and oxygen atoms in total. The van der Waals surface area contributed by atoms with Crippen LogP contribution in [0.5, 0.6) is 11.5 Å². The van der Waals surface area contributed by atoms with Gasteiger partial charge in [-0.1, -0.05) is 36.4 Å². The van der Waals surface area contributed by atoms with E-state index in [-0.39, 0.29) is 17.9 Å². The van der Waals surface area contributed by atoms with Crippen LogP contribution in [-0.2, 0) is 9.53 Å². The van der Waals surface area contributed by atoms with Crippen LogP contribution >= 0.6 is 0 Å². The summed E-state index contributed by atoms with van der Waals surface area (Å²) in [6, 6.07) is 15.6. The first kappa shape index (κ1) is 14.3. The van der Waals surface area contributed by atoms with Crippen LogP contribution in [0.4, 0.5) is 0 Å². The molecule has 0 bridgehead atoms. The van der Waals surface area contributed by atoms with Gasteiger partial charge in [0.2, 0.25) is 5.91 Å². The van der Waals surface area contributed by atoms with Gasteiger partial charge in [-0.3, -0.25) is 4.79 Å². The number of benzene rings is 2. The lowest BCUT2D eigenvalue weighted by atomic mass is 9.86. The summed E-state index contributed by atoms with van der Waals surface area (Å²) in [4.78, 5) is 15.2. The lowest BCUT2D eigenvalue weighted by Crippen LogP contribution is -2.46. The first-order chi connectivity index (χ1) is 11.2. The minimum absolute atomic E-state index is 0.0815. The maximum Gasteiger partial charge on any atom is 0.235 e. The molecule has 2 aromatic rings. The Kier molecular flexibility index (Phi) is 3.54. The van der Waals surface area contributed by atoms with Crippen molar-refractivity contribution < 1.29 is 14.3 Å². The number of fused-ring (bicyclic) bond motifs is 2. The highest BCUT2D eigenvalue weighted by atomic mass is 16.5. The summed E-state index contributed by atoms with van der Waals surface area (Å²) in [6.07, 6.45) is 0.0815. The molecule has 118 valence electrons. The van der Waals surface area contributed by atoms with E-state index in [0.717, 1.165) is 22.6 Å². The topological polar surface area (TPSA) is 38.8 Å². The molecule has 1 amide bonds. The third kappa shape index (κ3) is 2.49. The van der Waals surface area contributed by atoms with Crippen LogP contribution < -0.4 is 4.74 Å². The molecule has 2 heterocycles.